The van der Waals surface area contributed by atoms with E-state index >= 15 is 0 Å². The second-order valence-electron chi connectivity index (χ2n) is 13.6. The number of urea groups is 1. The van der Waals surface area contributed by atoms with Gasteiger partial charge in [-0.15, -0.1) is 11.3 Å². The van der Waals surface area contributed by atoms with E-state index in [9.17, 15) is 18.0 Å². The van der Waals surface area contributed by atoms with Gasteiger partial charge in [0.05, 0.1) is 67.4 Å². The zero-order valence-electron chi connectivity index (χ0n) is 69.4. The summed E-state index contributed by atoms with van der Waals surface area (Å²) < 4.78 is 50.4. The molecule has 8 aromatic heterocycles. The van der Waals surface area contributed by atoms with E-state index in [-0.39, 0.29) is 6.03 Å². The van der Waals surface area contributed by atoms with Gasteiger partial charge in [-0.2, -0.15) is 29.3 Å². The number of hydrogen-bond acceptors (Lipinski definition) is 19. The molecule has 0 unspecified atom stereocenters. The molecular weight excluding hydrogens is 1360 g/mol. The molecule has 103 heavy (non-hydrogen) atoms. The van der Waals surface area contributed by atoms with Crippen LogP contribution in [0.1, 0.15) is 258 Å². The number of allylic oxidation sites excluding steroid dienone is 4. The number of carbonyl (C=O) groups excluding carboxylic acids is 1. The van der Waals surface area contributed by atoms with E-state index in [4.69, 9.17) is 4.74 Å². The number of nitrogens with zero attached hydrogens (tertiary/aromatic N) is 8. The number of sulfone groups is 1. The summed E-state index contributed by atoms with van der Waals surface area (Å²) in [5.74, 6) is -0.407. The van der Waals surface area contributed by atoms with Gasteiger partial charge < -0.3 is 43.6 Å². The van der Waals surface area contributed by atoms with Crippen molar-refractivity contribution in [2.24, 2.45) is 0 Å². The summed E-state index contributed by atoms with van der Waals surface area (Å²) in [5, 5.41) is 24.9. The highest BCUT2D eigenvalue weighted by atomic mass is 32.2. The van der Waals surface area contributed by atoms with Crippen molar-refractivity contribution in [1.82, 2.24) is 74.9 Å². The van der Waals surface area contributed by atoms with Crippen LogP contribution in [0, 0.1) is 0 Å². The number of rotatable bonds is 0. The van der Waals surface area contributed by atoms with Crippen LogP contribution in [-0.2, 0) is 24.0 Å². The lowest BCUT2D eigenvalue weighted by atomic mass is 10.0. The molecule has 0 atom stereocenters. The zero-order chi connectivity index (χ0) is 81.7. The molecule has 6 aliphatic rings. The normalized spacial score (nSPS) is 11.0. The molecule has 2 amide bonds. The summed E-state index contributed by atoms with van der Waals surface area (Å²) in [6.07, 6.45) is 56.1. The number of nitrogens with one attached hydrogen (secondary N) is 7. The van der Waals surface area contributed by atoms with Crippen LogP contribution in [-0.4, -0.2) is 105 Å². The lowest BCUT2D eigenvalue weighted by Gasteiger charge is -2.05. The predicted molar refractivity (Wildman–Crippen MR) is 446 cm³/mol. The van der Waals surface area contributed by atoms with Crippen molar-refractivity contribution in [3.63, 3.8) is 0 Å². The second kappa shape index (κ2) is 157. The average molecular weight is 1520 g/mol. The minimum atomic E-state index is -2.91. The molecule has 27 heteroatoms. The van der Waals surface area contributed by atoms with E-state index in [0.717, 1.165) is 36.9 Å². The van der Waals surface area contributed by atoms with Gasteiger partial charge in [0.2, 0.25) is 6.79 Å². The summed E-state index contributed by atoms with van der Waals surface area (Å²) in [4.78, 5) is 38.7. The first kappa shape index (κ1) is 128. The molecule has 1 saturated carbocycles. The quantitative estimate of drug-likeness (QED) is 0.0694. The number of hydrogen-bond donors (Lipinski definition) is 7. The first-order valence-corrected chi connectivity index (χ1v) is 40.4. The number of thiazole rings is 1. The van der Waals surface area contributed by atoms with Crippen LogP contribution in [0.15, 0.2) is 209 Å². The Labute approximate surface area is 636 Å². The zero-order valence-corrected chi connectivity index (χ0v) is 71.8. The van der Waals surface area contributed by atoms with Crippen LogP contribution in [0.5, 0.6) is 0 Å². The number of amides is 2. The smallest absolute Gasteiger partial charge is 0.416 e. The van der Waals surface area contributed by atoms with Gasteiger partial charge in [-0.3, -0.25) is 15.1 Å². The molecule has 0 bridgehead atoms. The monoisotopic (exact) mass is 1510 g/mol. The third kappa shape index (κ3) is 158. The van der Waals surface area contributed by atoms with Gasteiger partial charge in [0.1, 0.15) is 25.1 Å². The molecule has 4 aliphatic heterocycles. The minimum Gasteiger partial charge on any atom is -0.501 e. The topological polar surface area (TPSA) is 328 Å². The van der Waals surface area contributed by atoms with Crippen molar-refractivity contribution < 1.29 is 36.3 Å². The molecule has 602 valence electrons. The van der Waals surface area contributed by atoms with E-state index in [1.54, 1.807) is 91.4 Å². The first-order chi connectivity index (χ1) is 51.0. The number of ether oxygens (including phenoxy) is 3. The Hall–Kier alpha value is -8.43. The van der Waals surface area contributed by atoms with Crippen molar-refractivity contribution in [3.8, 4) is 0 Å². The summed E-state index contributed by atoms with van der Waals surface area (Å²) in [6, 6.07) is 5.68. The number of oxazole rings is 2. The number of carbonyl (C=O) groups is 1. The van der Waals surface area contributed by atoms with Crippen LogP contribution in [0.3, 0.4) is 0 Å². The van der Waals surface area contributed by atoms with Gasteiger partial charge in [-0.25, -0.2) is 28.0 Å². The number of imidazole rings is 1. The number of aromatic nitrogens is 13. The molecule has 7 N–H and O–H groups in total. The summed E-state index contributed by atoms with van der Waals surface area (Å²) in [7, 11) is -2.91. The standard InChI is InChI=1S/C6H12.C5H8.C4H5N.C4H4O2S.C4H6O.C3H6N2O.2C3H4N2.C3H3NO2.C3H3NO.C3H3NS.C3H4O2.C2H3N3.C2H2N2S.14C2H6/c1-2-4-6-5-3-1;2*1-2-4-5-3-1;5-7(6)3-1-2-4-7;1-2-4-5-3-1;6-3-4-1-2-5-3;1-2-5-3-4-1;1-2-4-5-3-1;5-3-4-1-2-6-3;3*1-2-5-3-4-1;2*1-2-4-5-3-1;14*1-2/h1-6H2;1-2H,3-5H2;1-5H;1-4H;1,3H,2,4H2;1-2H2,(H2,4,5,6);2*1-3H,(H,4,5);1-2H,(H,4,5);2*1-3H;1-2H,3H2;1-2H,(H,3,4,5);1-2H;14*1-2H3. The van der Waals surface area contributed by atoms with E-state index < -0.39 is 15.6 Å². The van der Waals surface area contributed by atoms with Crippen molar-refractivity contribution >= 4 is 38.9 Å². The Balaban J connectivity index is -0.0000000673. The van der Waals surface area contributed by atoms with Crippen molar-refractivity contribution in [2.45, 2.75) is 258 Å². The van der Waals surface area contributed by atoms with Crippen molar-refractivity contribution in [3.05, 3.63) is 205 Å². The maximum Gasteiger partial charge on any atom is 0.416 e. The molecule has 1 saturated heterocycles. The predicted octanol–water partition coefficient (Wildman–Crippen LogP) is 23.5. The van der Waals surface area contributed by atoms with Crippen LogP contribution in [0.2, 0.25) is 0 Å². The number of aromatic amines is 5. The summed E-state index contributed by atoms with van der Waals surface area (Å²) in [5.41, 5.74) is 1.79. The van der Waals surface area contributed by atoms with Gasteiger partial charge in [-0.1, -0.05) is 245 Å². The molecule has 8 aromatic rings. The molecule has 2 fully saturated rings. The Kier molecular flexibility index (Phi) is 194. The maximum atomic E-state index is 10.3. The number of H-pyrrole nitrogens is 5. The van der Waals surface area contributed by atoms with E-state index in [1.807, 2.05) is 236 Å². The Bertz CT molecular complexity index is 2040. The lowest BCUT2D eigenvalue weighted by molar-refractivity contribution is 0.0920. The van der Waals surface area contributed by atoms with Gasteiger partial charge in [0.25, 0.3) is 0 Å². The van der Waals surface area contributed by atoms with Crippen LogP contribution in [0.4, 0.5) is 4.79 Å². The van der Waals surface area contributed by atoms with Gasteiger partial charge >= 0.3 is 11.8 Å². The maximum absolute atomic E-state index is 10.3. The molecule has 0 radical (unpaired) electrons. The third-order valence-corrected chi connectivity index (χ3v) is 9.82. The Morgan fingerprint density at radius 3 is 1.09 bits per heavy atom. The van der Waals surface area contributed by atoms with Crippen molar-refractivity contribution in [2.75, 3.05) is 26.5 Å². The highest BCUT2D eigenvalue weighted by Gasteiger charge is 2.03. The highest BCUT2D eigenvalue weighted by molar-refractivity contribution is 7.97. The van der Waals surface area contributed by atoms with Gasteiger partial charge in [-0.05, 0) is 55.7 Å². The molecule has 14 rings (SSSR count). The molecule has 24 nitrogen and oxygen atoms in total. The lowest BCUT2D eigenvalue weighted by Crippen LogP contribution is -2.20. The molecule has 12 heterocycles. The Morgan fingerprint density at radius 2 is 0.951 bits per heavy atom. The molecule has 0 spiro atoms. The summed E-state index contributed by atoms with van der Waals surface area (Å²) >= 11 is 2.81. The molecular formula is C76H151N15O9S3. The van der Waals surface area contributed by atoms with Gasteiger partial charge in [0.15, 0.2) is 16.2 Å². The minimum absolute atomic E-state index is 0.0463. The highest BCUT2D eigenvalue weighted by Crippen LogP contribution is 2.15. The van der Waals surface area contributed by atoms with Gasteiger partial charge in [0, 0.05) is 85.3 Å². The van der Waals surface area contributed by atoms with Crippen molar-refractivity contribution in [1.29, 1.82) is 0 Å². The fourth-order valence-corrected chi connectivity index (χ4v) is 5.88. The largest absolute Gasteiger partial charge is 0.501 e. The summed E-state index contributed by atoms with van der Waals surface area (Å²) in [6.45, 7) is 58.8. The average Bonchev–Trinajstić information content (AvgIpc) is 1.98. The van der Waals surface area contributed by atoms with Crippen LogP contribution in [0.25, 0.3) is 0 Å². The van der Waals surface area contributed by atoms with E-state index in [2.05, 4.69) is 105 Å². The van der Waals surface area contributed by atoms with Crippen LogP contribution >= 0.6 is 23.1 Å². The fourth-order valence-electron chi connectivity index (χ4n) is 4.55. The second-order valence-corrected chi connectivity index (χ2v) is 16.6. The first-order valence-electron chi connectivity index (χ1n) is 37.1. The van der Waals surface area contributed by atoms with E-state index in [1.165, 1.54) is 119 Å². The molecule has 0 aromatic carbocycles. The molecule has 2 aliphatic carbocycles. The SMILES string of the molecule is C1=CCCC1.C1=COCC1.C1=COCO1.C1CCCCC1.CC.CC.CC.CC.CC.CC.CC.CC.CC.CC.CC.CC.CC.CC.O=C1NCCN1.O=S1(=O)C=CC=C1.O=c1[nH]cco1.c1c[nH]cn1.c1cc[nH]c1.c1cn[nH]c1.c1cn[nH]n1.c1cnsn1.c1cocn1.c1cscn1. The van der Waals surface area contributed by atoms with Crippen LogP contribution < -0.4 is 16.4 Å². The fraction of sp³-hybridized carbons (Fsp3) is 0.553. The Morgan fingerprint density at radius 1 is 0.447 bits per heavy atom. The third-order valence-electron chi connectivity index (χ3n) is 7.79. The van der Waals surface area contributed by atoms with E-state index in [0.29, 0.717) is 6.79 Å².